The SMILES string of the molecule is CCCNC(c1ccc(Br)cc1C)C1CCCC(C)C1. The summed E-state index contributed by atoms with van der Waals surface area (Å²) in [6.45, 7) is 8.03. The van der Waals surface area contributed by atoms with Gasteiger partial charge < -0.3 is 5.32 Å². The standard InChI is InChI=1S/C18H28BrN/c1-4-10-20-18(15-7-5-6-13(2)11-15)17-9-8-16(19)12-14(17)3/h8-9,12-13,15,18,20H,4-7,10-11H2,1-3H3. The largest absolute Gasteiger partial charge is 0.310 e. The van der Waals surface area contributed by atoms with Crippen LogP contribution in [0.5, 0.6) is 0 Å². The van der Waals surface area contributed by atoms with Crippen molar-refractivity contribution in [3.8, 4) is 0 Å². The van der Waals surface area contributed by atoms with Crippen molar-refractivity contribution in [3.05, 3.63) is 33.8 Å². The highest BCUT2D eigenvalue weighted by Crippen LogP contribution is 2.38. The maximum atomic E-state index is 3.82. The van der Waals surface area contributed by atoms with E-state index in [2.05, 4.69) is 60.2 Å². The van der Waals surface area contributed by atoms with Gasteiger partial charge in [-0.15, -0.1) is 0 Å². The van der Waals surface area contributed by atoms with Gasteiger partial charge in [0.25, 0.3) is 0 Å². The molecule has 0 saturated heterocycles. The van der Waals surface area contributed by atoms with Crippen LogP contribution in [-0.2, 0) is 0 Å². The molecule has 2 rings (SSSR count). The molecule has 1 nitrogen and oxygen atoms in total. The first-order valence-corrected chi connectivity index (χ1v) is 8.90. The molecule has 1 saturated carbocycles. The average molecular weight is 338 g/mol. The highest BCUT2D eigenvalue weighted by atomic mass is 79.9. The number of hydrogen-bond acceptors (Lipinski definition) is 1. The molecule has 1 fully saturated rings. The van der Waals surface area contributed by atoms with Gasteiger partial charge in [-0.05, 0) is 67.8 Å². The van der Waals surface area contributed by atoms with Crippen LogP contribution >= 0.6 is 15.9 Å². The fourth-order valence-corrected chi connectivity index (χ4v) is 4.08. The minimum Gasteiger partial charge on any atom is -0.310 e. The van der Waals surface area contributed by atoms with E-state index >= 15 is 0 Å². The van der Waals surface area contributed by atoms with Crippen LogP contribution in [-0.4, -0.2) is 6.54 Å². The van der Waals surface area contributed by atoms with E-state index in [0.717, 1.165) is 18.4 Å². The number of rotatable bonds is 5. The van der Waals surface area contributed by atoms with E-state index in [4.69, 9.17) is 0 Å². The van der Waals surface area contributed by atoms with Crippen LogP contribution in [0.15, 0.2) is 22.7 Å². The maximum Gasteiger partial charge on any atom is 0.0351 e. The van der Waals surface area contributed by atoms with Crippen molar-refractivity contribution in [1.29, 1.82) is 0 Å². The lowest BCUT2D eigenvalue weighted by atomic mass is 9.76. The summed E-state index contributed by atoms with van der Waals surface area (Å²) in [6.07, 6.45) is 6.76. The third-order valence-electron chi connectivity index (χ3n) is 4.63. The lowest BCUT2D eigenvalue weighted by molar-refractivity contribution is 0.223. The van der Waals surface area contributed by atoms with Crippen LogP contribution in [0.1, 0.15) is 63.1 Å². The van der Waals surface area contributed by atoms with Crippen molar-refractivity contribution in [1.82, 2.24) is 5.32 Å². The van der Waals surface area contributed by atoms with Crippen LogP contribution in [0.2, 0.25) is 0 Å². The second-order valence-electron chi connectivity index (χ2n) is 6.46. The summed E-state index contributed by atoms with van der Waals surface area (Å²) in [5.41, 5.74) is 2.91. The summed E-state index contributed by atoms with van der Waals surface area (Å²) < 4.78 is 1.19. The molecule has 1 aliphatic rings. The van der Waals surface area contributed by atoms with Gasteiger partial charge in [0.2, 0.25) is 0 Å². The zero-order valence-corrected chi connectivity index (χ0v) is 14.7. The molecule has 112 valence electrons. The van der Waals surface area contributed by atoms with Gasteiger partial charge in [0, 0.05) is 10.5 Å². The van der Waals surface area contributed by atoms with Crippen LogP contribution in [0.3, 0.4) is 0 Å². The number of hydrogen-bond donors (Lipinski definition) is 1. The van der Waals surface area contributed by atoms with Gasteiger partial charge in [-0.2, -0.15) is 0 Å². The Morgan fingerprint density at radius 3 is 2.80 bits per heavy atom. The number of halogens is 1. The van der Waals surface area contributed by atoms with Gasteiger partial charge in [0.1, 0.15) is 0 Å². The number of aryl methyl sites for hydroxylation is 1. The van der Waals surface area contributed by atoms with Gasteiger partial charge in [-0.1, -0.05) is 48.7 Å². The van der Waals surface area contributed by atoms with E-state index in [-0.39, 0.29) is 0 Å². The molecule has 3 atom stereocenters. The van der Waals surface area contributed by atoms with E-state index in [9.17, 15) is 0 Å². The van der Waals surface area contributed by atoms with Gasteiger partial charge >= 0.3 is 0 Å². The monoisotopic (exact) mass is 337 g/mol. The lowest BCUT2D eigenvalue weighted by Crippen LogP contribution is -2.32. The molecular formula is C18H28BrN. The third-order valence-corrected chi connectivity index (χ3v) is 5.12. The van der Waals surface area contributed by atoms with E-state index in [1.165, 1.54) is 47.7 Å². The normalized spacial score (nSPS) is 24.6. The summed E-state index contributed by atoms with van der Waals surface area (Å²) in [7, 11) is 0. The average Bonchev–Trinajstić information content (AvgIpc) is 2.41. The Morgan fingerprint density at radius 1 is 1.35 bits per heavy atom. The molecule has 1 aliphatic carbocycles. The maximum absolute atomic E-state index is 3.82. The highest BCUT2D eigenvalue weighted by Gasteiger charge is 2.28. The molecule has 0 aliphatic heterocycles. The molecule has 3 unspecified atom stereocenters. The van der Waals surface area contributed by atoms with Crippen LogP contribution in [0.4, 0.5) is 0 Å². The highest BCUT2D eigenvalue weighted by molar-refractivity contribution is 9.10. The first-order chi connectivity index (χ1) is 9.61. The summed E-state index contributed by atoms with van der Waals surface area (Å²) in [4.78, 5) is 0. The Morgan fingerprint density at radius 2 is 2.15 bits per heavy atom. The third kappa shape index (κ3) is 4.08. The molecule has 1 N–H and O–H groups in total. The zero-order valence-electron chi connectivity index (χ0n) is 13.1. The first kappa shape index (κ1) is 16.0. The summed E-state index contributed by atoms with van der Waals surface area (Å²) in [6, 6.07) is 7.29. The van der Waals surface area contributed by atoms with Crippen molar-refractivity contribution in [2.75, 3.05) is 6.54 Å². The lowest BCUT2D eigenvalue weighted by Gasteiger charge is -2.35. The number of benzene rings is 1. The summed E-state index contributed by atoms with van der Waals surface area (Å²) >= 11 is 3.58. The quantitative estimate of drug-likeness (QED) is 0.734. The molecule has 1 aromatic carbocycles. The molecule has 2 heteroatoms. The molecular weight excluding hydrogens is 310 g/mol. The fourth-order valence-electron chi connectivity index (χ4n) is 3.60. The zero-order chi connectivity index (χ0) is 14.5. The Hall–Kier alpha value is -0.340. The van der Waals surface area contributed by atoms with Crippen molar-refractivity contribution in [2.45, 2.75) is 58.9 Å². The predicted octanol–water partition coefficient (Wildman–Crippen LogP) is 5.62. The van der Waals surface area contributed by atoms with Gasteiger partial charge in [-0.25, -0.2) is 0 Å². The van der Waals surface area contributed by atoms with Crippen LogP contribution in [0, 0.1) is 18.8 Å². The molecule has 0 bridgehead atoms. The molecule has 0 radical (unpaired) electrons. The van der Waals surface area contributed by atoms with Crippen LogP contribution in [0.25, 0.3) is 0 Å². The molecule has 0 heterocycles. The topological polar surface area (TPSA) is 12.0 Å². The molecule has 0 aromatic heterocycles. The van der Waals surface area contributed by atoms with E-state index in [1.54, 1.807) is 0 Å². The Bertz CT molecular complexity index is 429. The molecule has 0 spiro atoms. The molecule has 1 aromatic rings. The Labute approximate surface area is 132 Å². The van der Waals surface area contributed by atoms with Gasteiger partial charge in [-0.3, -0.25) is 0 Å². The predicted molar refractivity (Wildman–Crippen MR) is 91.0 cm³/mol. The van der Waals surface area contributed by atoms with Gasteiger partial charge in [0.05, 0.1) is 0 Å². The first-order valence-electron chi connectivity index (χ1n) is 8.11. The van der Waals surface area contributed by atoms with Crippen molar-refractivity contribution >= 4 is 15.9 Å². The van der Waals surface area contributed by atoms with Gasteiger partial charge in [0.15, 0.2) is 0 Å². The van der Waals surface area contributed by atoms with Crippen molar-refractivity contribution < 1.29 is 0 Å². The second-order valence-corrected chi connectivity index (χ2v) is 7.38. The second kappa shape index (κ2) is 7.61. The smallest absolute Gasteiger partial charge is 0.0351 e. The van der Waals surface area contributed by atoms with E-state index in [1.807, 2.05) is 0 Å². The Kier molecular flexibility index (Phi) is 6.10. The summed E-state index contributed by atoms with van der Waals surface area (Å²) in [5.74, 6) is 1.68. The number of nitrogens with one attached hydrogen (secondary N) is 1. The molecule has 0 amide bonds. The van der Waals surface area contributed by atoms with E-state index < -0.39 is 0 Å². The van der Waals surface area contributed by atoms with Crippen molar-refractivity contribution in [3.63, 3.8) is 0 Å². The Balaban J connectivity index is 2.21. The van der Waals surface area contributed by atoms with E-state index in [0.29, 0.717) is 6.04 Å². The molecule has 20 heavy (non-hydrogen) atoms. The van der Waals surface area contributed by atoms with Crippen molar-refractivity contribution in [2.24, 2.45) is 11.8 Å². The fraction of sp³-hybridized carbons (Fsp3) is 0.667. The minimum atomic E-state index is 0.533. The van der Waals surface area contributed by atoms with Crippen LogP contribution < -0.4 is 5.32 Å². The summed E-state index contributed by atoms with van der Waals surface area (Å²) in [5, 5.41) is 3.82. The minimum absolute atomic E-state index is 0.533.